The molecule has 0 saturated carbocycles. The molecule has 1 N–H and O–H groups in total. The van der Waals surface area contributed by atoms with Gasteiger partial charge in [0.25, 0.3) is 5.91 Å². The van der Waals surface area contributed by atoms with Gasteiger partial charge >= 0.3 is 0 Å². The molecule has 0 radical (unpaired) electrons. The Balaban J connectivity index is 2.03. The van der Waals surface area contributed by atoms with Gasteiger partial charge in [0.2, 0.25) is 0 Å². The van der Waals surface area contributed by atoms with Crippen LogP contribution in [0, 0.1) is 0 Å². The third-order valence-corrected chi connectivity index (χ3v) is 3.62. The van der Waals surface area contributed by atoms with Crippen molar-refractivity contribution in [2.45, 2.75) is 19.3 Å². The van der Waals surface area contributed by atoms with E-state index in [1.165, 1.54) is 5.56 Å². The second-order valence-corrected chi connectivity index (χ2v) is 4.93. The minimum atomic E-state index is -0.0955. The van der Waals surface area contributed by atoms with Crippen LogP contribution in [0.5, 0.6) is 5.75 Å². The van der Waals surface area contributed by atoms with E-state index in [4.69, 9.17) is 4.74 Å². The summed E-state index contributed by atoms with van der Waals surface area (Å²) in [6, 6.07) is 17.5. The summed E-state index contributed by atoms with van der Waals surface area (Å²) in [5, 5.41) is 3.00. The van der Waals surface area contributed by atoms with Gasteiger partial charge in [0.15, 0.2) is 0 Å². The van der Waals surface area contributed by atoms with E-state index >= 15 is 0 Å². The molecule has 0 bridgehead atoms. The second-order valence-electron chi connectivity index (χ2n) is 4.93. The molecule has 2 rings (SSSR count). The quantitative estimate of drug-likeness (QED) is 0.879. The van der Waals surface area contributed by atoms with Gasteiger partial charge in [0.1, 0.15) is 5.75 Å². The summed E-state index contributed by atoms with van der Waals surface area (Å²) in [6.45, 7) is 2.75. The average molecular weight is 283 g/mol. The summed E-state index contributed by atoms with van der Waals surface area (Å²) in [7, 11) is 1.57. The zero-order valence-electron chi connectivity index (χ0n) is 12.5. The zero-order valence-corrected chi connectivity index (χ0v) is 12.5. The van der Waals surface area contributed by atoms with E-state index in [2.05, 4.69) is 24.4 Å². The van der Waals surface area contributed by atoms with E-state index in [1.807, 2.05) is 30.3 Å². The Hall–Kier alpha value is -2.29. The number of benzene rings is 2. The lowest BCUT2D eigenvalue weighted by Gasteiger charge is -2.16. The van der Waals surface area contributed by atoms with E-state index in [9.17, 15) is 4.79 Å². The lowest BCUT2D eigenvalue weighted by molar-refractivity contribution is 0.0948. The summed E-state index contributed by atoms with van der Waals surface area (Å²) in [4.78, 5) is 12.3. The molecule has 0 aliphatic rings. The van der Waals surface area contributed by atoms with Gasteiger partial charge < -0.3 is 10.1 Å². The molecule has 0 fully saturated rings. The van der Waals surface area contributed by atoms with Gasteiger partial charge in [0.05, 0.1) is 12.7 Å². The summed E-state index contributed by atoms with van der Waals surface area (Å²) in [6.07, 6.45) is 0.982. The Morgan fingerprint density at radius 1 is 1.10 bits per heavy atom. The Bertz CT molecular complexity index is 581. The Morgan fingerprint density at radius 3 is 2.43 bits per heavy atom. The molecule has 21 heavy (non-hydrogen) atoms. The maximum atomic E-state index is 12.3. The Kier molecular flexibility index (Phi) is 5.38. The molecule has 3 nitrogen and oxygen atoms in total. The summed E-state index contributed by atoms with van der Waals surface area (Å²) in [5.41, 5.74) is 1.82. The highest BCUT2D eigenvalue weighted by Crippen LogP contribution is 2.20. The minimum Gasteiger partial charge on any atom is -0.496 e. The highest BCUT2D eigenvalue weighted by atomic mass is 16.5. The highest BCUT2D eigenvalue weighted by Gasteiger charge is 2.14. The van der Waals surface area contributed by atoms with E-state index in [0.717, 1.165) is 6.42 Å². The van der Waals surface area contributed by atoms with Crippen molar-refractivity contribution in [3.8, 4) is 5.75 Å². The minimum absolute atomic E-state index is 0.0955. The molecule has 1 atom stereocenters. The molecular weight excluding hydrogens is 262 g/mol. The molecule has 0 saturated heterocycles. The van der Waals surface area contributed by atoms with Crippen molar-refractivity contribution in [2.24, 2.45) is 0 Å². The van der Waals surface area contributed by atoms with Crippen LogP contribution in [0.25, 0.3) is 0 Å². The van der Waals surface area contributed by atoms with Gasteiger partial charge in [-0.05, 0) is 24.1 Å². The van der Waals surface area contributed by atoms with E-state index in [1.54, 1.807) is 19.2 Å². The van der Waals surface area contributed by atoms with E-state index in [0.29, 0.717) is 23.8 Å². The Labute approximate surface area is 126 Å². The lowest BCUT2D eigenvalue weighted by atomic mass is 9.96. The Morgan fingerprint density at radius 2 is 1.76 bits per heavy atom. The first kappa shape index (κ1) is 15.1. The number of carbonyl (C=O) groups excluding carboxylic acids is 1. The molecule has 2 aromatic rings. The van der Waals surface area contributed by atoms with Crippen molar-refractivity contribution in [2.75, 3.05) is 13.7 Å². The maximum absolute atomic E-state index is 12.3. The van der Waals surface area contributed by atoms with Crippen molar-refractivity contribution in [3.63, 3.8) is 0 Å². The largest absolute Gasteiger partial charge is 0.496 e. The SMILES string of the molecule is CCC(CNC(=O)c1ccccc1OC)c1ccccc1. The summed E-state index contributed by atoms with van der Waals surface area (Å²) in [5.74, 6) is 0.828. The highest BCUT2D eigenvalue weighted by molar-refractivity contribution is 5.96. The number of hydrogen-bond donors (Lipinski definition) is 1. The van der Waals surface area contributed by atoms with Crippen LogP contribution in [0.4, 0.5) is 0 Å². The van der Waals surface area contributed by atoms with Gasteiger partial charge in [-0.3, -0.25) is 4.79 Å². The normalized spacial score (nSPS) is 11.7. The molecule has 2 aromatic carbocycles. The summed E-state index contributed by atoms with van der Waals surface area (Å²) >= 11 is 0. The average Bonchev–Trinajstić information content (AvgIpc) is 2.56. The fraction of sp³-hybridized carbons (Fsp3) is 0.278. The maximum Gasteiger partial charge on any atom is 0.255 e. The molecule has 3 heteroatoms. The lowest BCUT2D eigenvalue weighted by Crippen LogP contribution is -2.28. The predicted molar refractivity (Wildman–Crippen MR) is 84.8 cm³/mol. The van der Waals surface area contributed by atoms with E-state index in [-0.39, 0.29) is 5.91 Å². The molecule has 1 amide bonds. The standard InChI is InChI=1S/C18H21NO2/c1-3-14(15-9-5-4-6-10-15)13-19-18(20)16-11-7-8-12-17(16)21-2/h4-12,14H,3,13H2,1-2H3,(H,19,20). The second kappa shape index (κ2) is 7.48. The van der Waals surface area contributed by atoms with Crippen molar-refractivity contribution in [1.82, 2.24) is 5.32 Å². The molecule has 0 heterocycles. The number of nitrogens with one attached hydrogen (secondary N) is 1. The van der Waals surface area contributed by atoms with Crippen LogP contribution in [0.2, 0.25) is 0 Å². The molecule has 1 unspecified atom stereocenters. The number of hydrogen-bond acceptors (Lipinski definition) is 2. The summed E-state index contributed by atoms with van der Waals surface area (Å²) < 4.78 is 5.22. The number of carbonyl (C=O) groups is 1. The van der Waals surface area contributed by atoms with Crippen LogP contribution in [-0.2, 0) is 0 Å². The van der Waals surface area contributed by atoms with Crippen molar-refractivity contribution < 1.29 is 9.53 Å². The zero-order chi connectivity index (χ0) is 15.1. The van der Waals surface area contributed by atoms with Crippen LogP contribution in [0.15, 0.2) is 54.6 Å². The van der Waals surface area contributed by atoms with Gasteiger partial charge in [-0.25, -0.2) is 0 Å². The molecule has 0 aromatic heterocycles. The van der Waals surface area contributed by atoms with Crippen LogP contribution in [0.1, 0.15) is 35.2 Å². The van der Waals surface area contributed by atoms with Crippen LogP contribution in [-0.4, -0.2) is 19.6 Å². The number of ether oxygens (including phenoxy) is 1. The topological polar surface area (TPSA) is 38.3 Å². The monoisotopic (exact) mass is 283 g/mol. The third kappa shape index (κ3) is 3.85. The smallest absolute Gasteiger partial charge is 0.255 e. The fourth-order valence-corrected chi connectivity index (χ4v) is 2.37. The number of rotatable bonds is 6. The third-order valence-electron chi connectivity index (χ3n) is 3.62. The van der Waals surface area contributed by atoms with Crippen LogP contribution in [0.3, 0.4) is 0 Å². The molecule has 0 aliphatic heterocycles. The number of methoxy groups -OCH3 is 1. The number of amides is 1. The van der Waals surface area contributed by atoms with Gasteiger partial charge in [0, 0.05) is 12.5 Å². The molecule has 0 aliphatic carbocycles. The van der Waals surface area contributed by atoms with Crippen molar-refractivity contribution >= 4 is 5.91 Å². The van der Waals surface area contributed by atoms with Gasteiger partial charge in [-0.1, -0.05) is 49.4 Å². The van der Waals surface area contributed by atoms with Gasteiger partial charge in [-0.15, -0.1) is 0 Å². The molecular formula is C18H21NO2. The van der Waals surface area contributed by atoms with Gasteiger partial charge in [-0.2, -0.15) is 0 Å². The first-order valence-corrected chi connectivity index (χ1v) is 7.22. The molecule has 0 spiro atoms. The van der Waals surface area contributed by atoms with Crippen molar-refractivity contribution in [1.29, 1.82) is 0 Å². The first-order chi connectivity index (χ1) is 10.3. The fourth-order valence-electron chi connectivity index (χ4n) is 2.37. The van der Waals surface area contributed by atoms with Crippen LogP contribution >= 0.6 is 0 Å². The first-order valence-electron chi connectivity index (χ1n) is 7.22. The predicted octanol–water partition coefficient (Wildman–Crippen LogP) is 3.62. The van der Waals surface area contributed by atoms with Crippen molar-refractivity contribution in [3.05, 3.63) is 65.7 Å². The van der Waals surface area contributed by atoms with Crippen LogP contribution < -0.4 is 10.1 Å². The van der Waals surface area contributed by atoms with E-state index < -0.39 is 0 Å². The molecule has 110 valence electrons. The number of para-hydroxylation sites is 1.